The zero-order valence-corrected chi connectivity index (χ0v) is 15.3. The first-order valence-corrected chi connectivity index (χ1v) is 9.24. The van der Waals surface area contributed by atoms with Crippen LogP contribution in [0.3, 0.4) is 0 Å². The van der Waals surface area contributed by atoms with Crippen molar-refractivity contribution in [3.8, 4) is 0 Å². The third kappa shape index (κ3) is 3.75. The summed E-state index contributed by atoms with van der Waals surface area (Å²) < 4.78 is 0. The van der Waals surface area contributed by atoms with Crippen LogP contribution in [0.5, 0.6) is 0 Å². The molecule has 0 aliphatic carbocycles. The number of hydrogen-bond donors (Lipinski definition) is 2. The van der Waals surface area contributed by atoms with Gasteiger partial charge in [0.05, 0.1) is 0 Å². The van der Waals surface area contributed by atoms with E-state index in [0.29, 0.717) is 17.1 Å². The largest absolute Gasteiger partial charge is 0.325 e. The first-order chi connectivity index (χ1) is 12.5. The molecule has 1 aliphatic rings. The van der Waals surface area contributed by atoms with Gasteiger partial charge >= 0.3 is 6.03 Å². The van der Waals surface area contributed by atoms with Gasteiger partial charge in [0.1, 0.15) is 12.1 Å². The minimum absolute atomic E-state index is 0.124. The van der Waals surface area contributed by atoms with Crippen LogP contribution >= 0.6 is 11.3 Å². The third-order valence-electron chi connectivity index (χ3n) is 4.08. The van der Waals surface area contributed by atoms with Crippen molar-refractivity contribution in [1.29, 1.82) is 0 Å². The molecule has 2 heterocycles. The van der Waals surface area contributed by atoms with E-state index >= 15 is 0 Å². The van der Waals surface area contributed by atoms with Crippen molar-refractivity contribution < 1.29 is 14.4 Å². The average Bonchev–Trinajstić information content (AvgIpc) is 3.21. The number of carbonyl (C=O) groups is 3. The Hall–Kier alpha value is -2.74. The predicted octanol–water partition coefficient (Wildman–Crippen LogP) is 2.79. The third-order valence-corrected chi connectivity index (χ3v) is 4.76. The van der Waals surface area contributed by atoms with Gasteiger partial charge < -0.3 is 10.6 Å². The maximum absolute atomic E-state index is 12.9. The predicted molar refractivity (Wildman–Crippen MR) is 98.5 cm³/mol. The first kappa shape index (κ1) is 18.1. The smallest absolute Gasteiger partial charge is 0.322 e. The number of nitrogens with one attached hydrogen (secondary N) is 2. The maximum atomic E-state index is 12.9. The summed E-state index contributed by atoms with van der Waals surface area (Å²) in [6.07, 6.45) is 1.95. The Labute approximate surface area is 155 Å². The Bertz CT molecular complexity index is 792. The van der Waals surface area contributed by atoms with E-state index in [2.05, 4.69) is 15.6 Å². The van der Waals surface area contributed by atoms with Crippen LogP contribution in [-0.4, -0.2) is 33.8 Å². The topological polar surface area (TPSA) is 91.4 Å². The van der Waals surface area contributed by atoms with Crippen LogP contribution in [0.2, 0.25) is 0 Å². The Morgan fingerprint density at radius 2 is 2.04 bits per heavy atom. The molecular weight excluding hydrogens is 352 g/mol. The molecule has 0 radical (unpaired) electrons. The SMILES string of the molecule is CC(C)C[C@@H](C(=O)Nc1nccs1)N1C(=O)N[C@@H](c2ccccc2)C1=O. The molecule has 0 saturated carbocycles. The number of carbonyl (C=O) groups excluding carboxylic acids is 3. The van der Waals surface area contributed by atoms with Crippen LogP contribution in [0.4, 0.5) is 9.93 Å². The number of benzene rings is 1. The quantitative estimate of drug-likeness (QED) is 0.763. The Kier molecular flexibility index (Phi) is 5.32. The van der Waals surface area contributed by atoms with Crippen molar-refractivity contribution in [2.45, 2.75) is 32.4 Å². The number of imide groups is 1. The summed E-state index contributed by atoms with van der Waals surface area (Å²) in [4.78, 5) is 43.2. The van der Waals surface area contributed by atoms with E-state index in [1.807, 2.05) is 19.9 Å². The molecule has 2 aromatic rings. The summed E-state index contributed by atoms with van der Waals surface area (Å²) in [5.41, 5.74) is 0.692. The molecule has 1 saturated heterocycles. The van der Waals surface area contributed by atoms with Gasteiger partial charge in [-0.3, -0.25) is 9.59 Å². The van der Waals surface area contributed by atoms with E-state index in [9.17, 15) is 14.4 Å². The number of urea groups is 1. The zero-order valence-electron chi connectivity index (χ0n) is 14.5. The summed E-state index contributed by atoms with van der Waals surface area (Å²) in [7, 11) is 0. The maximum Gasteiger partial charge on any atom is 0.325 e. The lowest BCUT2D eigenvalue weighted by Gasteiger charge is -2.25. The van der Waals surface area contributed by atoms with E-state index in [1.54, 1.807) is 35.8 Å². The Morgan fingerprint density at radius 3 is 2.65 bits per heavy atom. The van der Waals surface area contributed by atoms with Crippen LogP contribution in [0.1, 0.15) is 31.9 Å². The molecule has 1 aromatic carbocycles. The molecule has 4 amide bonds. The minimum atomic E-state index is -0.889. The van der Waals surface area contributed by atoms with E-state index in [1.165, 1.54) is 11.3 Å². The normalized spacial score (nSPS) is 18.1. The van der Waals surface area contributed by atoms with Crippen molar-refractivity contribution in [2.24, 2.45) is 5.92 Å². The fourth-order valence-electron chi connectivity index (χ4n) is 2.91. The van der Waals surface area contributed by atoms with Crippen LogP contribution in [0.25, 0.3) is 0 Å². The highest BCUT2D eigenvalue weighted by molar-refractivity contribution is 7.13. The summed E-state index contributed by atoms with van der Waals surface area (Å²) in [5, 5.41) is 7.56. The van der Waals surface area contributed by atoms with Crippen LogP contribution in [0.15, 0.2) is 41.9 Å². The molecule has 0 spiro atoms. The van der Waals surface area contributed by atoms with Gasteiger partial charge in [-0.15, -0.1) is 11.3 Å². The fourth-order valence-corrected chi connectivity index (χ4v) is 3.44. The lowest BCUT2D eigenvalue weighted by Crippen LogP contribution is -2.48. The number of hydrogen-bond acceptors (Lipinski definition) is 5. The van der Waals surface area contributed by atoms with Crippen molar-refractivity contribution in [3.63, 3.8) is 0 Å². The molecule has 0 bridgehead atoms. The number of anilines is 1. The van der Waals surface area contributed by atoms with Gasteiger partial charge in [-0.1, -0.05) is 44.2 Å². The van der Waals surface area contributed by atoms with E-state index in [-0.39, 0.29) is 5.92 Å². The second-order valence-electron chi connectivity index (χ2n) is 6.47. The van der Waals surface area contributed by atoms with Gasteiger partial charge in [-0.2, -0.15) is 0 Å². The van der Waals surface area contributed by atoms with Gasteiger partial charge in [0.25, 0.3) is 5.91 Å². The molecule has 8 heteroatoms. The van der Waals surface area contributed by atoms with Gasteiger partial charge in [-0.05, 0) is 17.9 Å². The van der Waals surface area contributed by atoms with Crippen molar-refractivity contribution >= 4 is 34.3 Å². The number of rotatable bonds is 6. The summed E-state index contributed by atoms with van der Waals surface area (Å²) in [6.45, 7) is 3.88. The minimum Gasteiger partial charge on any atom is -0.322 e. The van der Waals surface area contributed by atoms with Crippen LogP contribution in [-0.2, 0) is 9.59 Å². The molecule has 26 heavy (non-hydrogen) atoms. The highest BCUT2D eigenvalue weighted by Crippen LogP contribution is 2.26. The summed E-state index contributed by atoms with van der Waals surface area (Å²) in [6, 6.07) is 6.79. The van der Waals surface area contributed by atoms with Crippen molar-refractivity contribution in [3.05, 3.63) is 47.5 Å². The lowest BCUT2D eigenvalue weighted by atomic mass is 10.0. The molecule has 3 rings (SSSR count). The lowest BCUT2D eigenvalue weighted by molar-refractivity contribution is -0.134. The Balaban J connectivity index is 1.84. The van der Waals surface area contributed by atoms with E-state index in [4.69, 9.17) is 0 Å². The monoisotopic (exact) mass is 372 g/mol. The van der Waals surface area contributed by atoms with Gasteiger partial charge in [0.2, 0.25) is 5.91 Å². The summed E-state index contributed by atoms with van der Waals surface area (Å²) in [5.74, 6) is -0.703. The Morgan fingerprint density at radius 1 is 1.31 bits per heavy atom. The highest BCUT2D eigenvalue weighted by Gasteiger charge is 2.45. The summed E-state index contributed by atoms with van der Waals surface area (Å²) >= 11 is 1.28. The second kappa shape index (κ2) is 7.65. The molecule has 0 unspecified atom stereocenters. The molecule has 1 aliphatic heterocycles. The van der Waals surface area contributed by atoms with Gasteiger partial charge in [-0.25, -0.2) is 14.7 Å². The highest BCUT2D eigenvalue weighted by atomic mass is 32.1. The molecule has 1 aromatic heterocycles. The molecule has 2 atom stereocenters. The number of nitrogens with zero attached hydrogens (tertiary/aromatic N) is 2. The molecule has 2 N–H and O–H groups in total. The van der Waals surface area contributed by atoms with E-state index < -0.39 is 29.9 Å². The van der Waals surface area contributed by atoms with Gasteiger partial charge in [0.15, 0.2) is 5.13 Å². The number of aromatic nitrogens is 1. The number of thiazole rings is 1. The van der Waals surface area contributed by atoms with Crippen molar-refractivity contribution in [1.82, 2.24) is 15.2 Å². The molecular formula is C18H20N4O3S. The molecule has 1 fully saturated rings. The average molecular weight is 372 g/mol. The first-order valence-electron chi connectivity index (χ1n) is 8.36. The number of amides is 4. The fraction of sp³-hybridized carbons (Fsp3) is 0.333. The standard InChI is InChI=1S/C18H20N4O3S/c1-11(2)10-13(15(23)21-17-19-8-9-26-17)22-16(24)14(20-18(22)25)12-6-4-3-5-7-12/h3-9,11,13-14H,10H2,1-2H3,(H,20,25)(H,19,21,23)/t13-,14-/m0/s1. The van der Waals surface area contributed by atoms with Gasteiger partial charge in [0, 0.05) is 11.6 Å². The van der Waals surface area contributed by atoms with Crippen molar-refractivity contribution in [2.75, 3.05) is 5.32 Å². The molecule has 7 nitrogen and oxygen atoms in total. The zero-order chi connectivity index (χ0) is 18.7. The second-order valence-corrected chi connectivity index (χ2v) is 7.37. The molecule has 136 valence electrons. The van der Waals surface area contributed by atoms with E-state index in [0.717, 1.165) is 4.90 Å². The van der Waals surface area contributed by atoms with Crippen LogP contribution < -0.4 is 10.6 Å². The van der Waals surface area contributed by atoms with Crippen LogP contribution in [0, 0.1) is 5.92 Å².